The molecule has 90 valence electrons. The number of benzene rings is 2. The summed E-state index contributed by atoms with van der Waals surface area (Å²) in [5.41, 5.74) is -0.0110. The van der Waals surface area contributed by atoms with Crippen LogP contribution in [0.3, 0.4) is 0 Å². The molecular weight excluding hydrogens is 248 g/mol. The summed E-state index contributed by atoms with van der Waals surface area (Å²) >= 11 is 0. The Morgan fingerprint density at radius 1 is 0.800 bits per heavy atom. The predicted molar refractivity (Wildman–Crippen MR) is 74.4 cm³/mol. The molecule has 4 heteroatoms. The number of nitriles is 2. The van der Waals surface area contributed by atoms with Crippen molar-refractivity contribution < 1.29 is 0 Å². The molecule has 20 heavy (non-hydrogen) atoms. The maximum atomic E-state index is 9.00. The third-order valence-corrected chi connectivity index (χ3v) is 2.87. The van der Waals surface area contributed by atoms with Crippen LogP contribution in [-0.4, -0.2) is 0 Å². The Morgan fingerprint density at radius 3 is 1.50 bits per heavy atom. The molecule has 0 aromatic heterocycles. The van der Waals surface area contributed by atoms with Gasteiger partial charge in [0.2, 0.25) is 0 Å². The highest BCUT2D eigenvalue weighted by Gasteiger charge is 2.04. The van der Waals surface area contributed by atoms with Crippen molar-refractivity contribution in [3.63, 3.8) is 0 Å². The fourth-order valence-electron chi connectivity index (χ4n) is 2.00. The van der Waals surface area contributed by atoms with Gasteiger partial charge in [-0.2, -0.15) is 0 Å². The molecule has 0 aliphatic heterocycles. The average molecular weight is 254 g/mol. The van der Waals surface area contributed by atoms with E-state index in [1.807, 2.05) is 12.1 Å². The normalized spacial score (nSPS) is 12.4. The Kier molecular flexibility index (Phi) is 3.45. The molecule has 0 unspecified atom stereocenters. The van der Waals surface area contributed by atoms with Gasteiger partial charge in [-0.05, 0) is 21.2 Å². The maximum absolute atomic E-state index is 9.00. The first-order valence-electron chi connectivity index (χ1n) is 5.58. The maximum Gasteiger partial charge on any atom is 0.269 e. The van der Waals surface area contributed by atoms with Gasteiger partial charge in [0, 0.05) is 0 Å². The first kappa shape index (κ1) is 12.8. The number of hydrogen-bond acceptors (Lipinski definition) is 2. The summed E-state index contributed by atoms with van der Waals surface area (Å²) in [5, 5.41) is 20.4. The topological polar surface area (TPSA) is 56.3 Å². The average Bonchev–Trinajstić information content (AvgIpc) is 2.51. The zero-order valence-electron chi connectivity index (χ0n) is 10.3. The van der Waals surface area contributed by atoms with E-state index in [4.69, 9.17) is 23.7 Å². The summed E-state index contributed by atoms with van der Waals surface area (Å²) in [6, 6.07) is 14.1. The minimum absolute atomic E-state index is 0.00549. The largest absolute Gasteiger partial charge is 0.269 e. The molecule has 2 aromatic rings. The summed E-state index contributed by atoms with van der Waals surface area (Å²) in [4.78, 5) is 6.43. The molecule has 0 amide bonds. The van der Waals surface area contributed by atoms with E-state index < -0.39 is 0 Å². The molecule has 0 heterocycles. The summed E-state index contributed by atoms with van der Waals surface area (Å²) in [5.74, 6) is 0. The van der Waals surface area contributed by atoms with Gasteiger partial charge in [0.1, 0.15) is 0 Å². The second-order valence-electron chi connectivity index (χ2n) is 3.85. The van der Waals surface area contributed by atoms with Crippen LogP contribution in [-0.2, 0) is 0 Å². The van der Waals surface area contributed by atoms with E-state index in [-0.39, 0.29) is 11.4 Å². The van der Waals surface area contributed by atoms with Crippen LogP contribution in [0.5, 0.6) is 0 Å². The van der Waals surface area contributed by atoms with Crippen molar-refractivity contribution in [3.8, 4) is 12.1 Å². The van der Waals surface area contributed by atoms with E-state index in [1.54, 1.807) is 36.4 Å². The Bertz CT molecular complexity index is 872. The Hall–Kier alpha value is -3.60. The Labute approximate surface area is 115 Å². The third-order valence-electron chi connectivity index (χ3n) is 2.87. The highest BCUT2D eigenvalue weighted by molar-refractivity contribution is 5.90. The standard InChI is InChI=1S/C16H6N4/c1-19-15(9-17)13-7-8-14(16(10-18)20-2)12-6-4-3-5-11(12)13/h3-8H. The molecule has 0 aliphatic carbocycles. The fourth-order valence-corrected chi connectivity index (χ4v) is 2.00. The lowest BCUT2D eigenvalue weighted by Gasteiger charge is -2.01. The van der Waals surface area contributed by atoms with Crippen molar-refractivity contribution in [2.75, 3.05) is 0 Å². The molecule has 2 rings (SSSR count). The summed E-state index contributed by atoms with van der Waals surface area (Å²) < 4.78 is 0. The molecule has 0 bridgehead atoms. The molecule has 0 saturated carbocycles. The number of nitrogens with zero attached hydrogens (tertiary/aromatic N) is 4. The molecular formula is C16H6N4. The van der Waals surface area contributed by atoms with Crippen molar-refractivity contribution in [2.24, 2.45) is 0 Å². The lowest BCUT2D eigenvalue weighted by Crippen LogP contribution is -2.14. The van der Waals surface area contributed by atoms with E-state index in [9.17, 15) is 0 Å². The number of hydrogen-bond donors (Lipinski definition) is 0. The predicted octanol–water partition coefficient (Wildman–Crippen LogP) is 1.94. The lowest BCUT2D eigenvalue weighted by atomic mass is 10.0. The van der Waals surface area contributed by atoms with E-state index in [2.05, 4.69) is 9.69 Å². The van der Waals surface area contributed by atoms with Gasteiger partial charge in [0.05, 0.1) is 25.3 Å². The Morgan fingerprint density at radius 2 is 1.20 bits per heavy atom. The van der Waals surface area contributed by atoms with Crippen LogP contribution in [0.1, 0.15) is 0 Å². The number of rotatable bonds is 0. The minimum Gasteiger partial charge on any atom is -0.226 e. The van der Waals surface area contributed by atoms with Gasteiger partial charge in [0.25, 0.3) is 11.4 Å². The van der Waals surface area contributed by atoms with E-state index in [0.29, 0.717) is 21.2 Å². The minimum atomic E-state index is -0.00549. The van der Waals surface area contributed by atoms with Crippen LogP contribution >= 0.6 is 0 Å². The highest BCUT2D eigenvalue weighted by atomic mass is 14.7. The van der Waals surface area contributed by atoms with Crippen molar-refractivity contribution in [1.82, 2.24) is 0 Å². The van der Waals surface area contributed by atoms with E-state index >= 15 is 0 Å². The first-order chi connectivity index (χ1) is 9.76. The third kappa shape index (κ3) is 1.95. The molecule has 0 N–H and O–H groups in total. The van der Waals surface area contributed by atoms with Gasteiger partial charge in [0.15, 0.2) is 0 Å². The first-order valence-corrected chi connectivity index (χ1v) is 5.58. The zero-order valence-corrected chi connectivity index (χ0v) is 10.3. The molecule has 0 saturated heterocycles. The second-order valence-corrected chi connectivity index (χ2v) is 3.85. The van der Waals surface area contributed by atoms with Crippen LogP contribution in [0.25, 0.3) is 31.9 Å². The molecule has 0 radical (unpaired) electrons. The van der Waals surface area contributed by atoms with Gasteiger partial charge in [-0.3, -0.25) is 0 Å². The Balaban J connectivity index is 3.21. The SMILES string of the molecule is [C-]#[N+]C(C#N)=c1ccc(=C(C#N)[N+]#[C-])c2ccccc12. The monoisotopic (exact) mass is 254 g/mol. The van der Waals surface area contributed by atoms with Gasteiger partial charge in [-0.1, -0.05) is 36.4 Å². The van der Waals surface area contributed by atoms with Crippen LogP contribution < -0.4 is 10.4 Å². The summed E-state index contributed by atoms with van der Waals surface area (Å²) in [7, 11) is 0. The quantitative estimate of drug-likeness (QED) is 0.674. The second kappa shape index (κ2) is 5.36. The van der Waals surface area contributed by atoms with E-state index in [0.717, 1.165) is 0 Å². The van der Waals surface area contributed by atoms with Crippen molar-refractivity contribution in [2.45, 2.75) is 0 Å². The van der Waals surface area contributed by atoms with Crippen molar-refractivity contribution in [3.05, 3.63) is 69.7 Å². The van der Waals surface area contributed by atoms with Gasteiger partial charge >= 0.3 is 0 Å². The van der Waals surface area contributed by atoms with Crippen molar-refractivity contribution >= 4 is 22.2 Å². The zero-order chi connectivity index (χ0) is 14.5. The highest BCUT2D eigenvalue weighted by Crippen LogP contribution is 2.08. The van der Waals surface area contributed by atoms with E-state index in [1.165, 1.54) is 0 Å². The lowest BCUT2D eigenvalue weighted by molar-refractivity contribution is 1.51. The number of fused-ring (bicyclic) bond motifs is 1. The molecule has 0 atom stereocenters. The van der Waals surface area contributed by atoms with Crippen LogP contribution in [0, 0.1) is 35.8 Å². The fraction of sp³-hybridized carbons (Fsp3) is 0. The molecule has 0 fully saturated rings. The van der Waals surface area contributed by atoms with Gasteiger partial charge in [-0.25, -0.2) is 20.2 Å². The summed E-state index contributed by atoms with van der Waals surface area (Å²) in [6.07, 6.45) is 0. The van der Waals surface area contributed by atoms with Crippen LogP contribution in [0.15, 0.2) is 36.4 Å². The molecule has 2 aromatic carbocycles. The smallest absolute Gasteiger partial charge is 0.226 e. The summed E-state index contributed by atoms with van der Waals surface area (Å²) in [6.45, 7) is 14.1. The van der Waals surface area contributed by atoms with Crippen molar-refractivity contribution in [1.29, 1.82) is 10.5 Å². The molecule has 0 spiro atoms. The molecule has 0 aliphatic rings. The van der Waals surface area contributed by atoms with Gasteiger partial charge < -0.3 is 0 Å². The van der Waals surface area contributed by atoms with Crippen LogP contribution in [0.2, 0.25) is 0 Å². The van der Waals surface area contributed by atoms with Gasteiger partial charge in [-0.15, -0.1) is 0 Å². The molecule has 4 nitrogen and oxygen atoms in total. The van der Waals surface area contributed by atoms with Crippen LogP contribution in [0.4, 0.5) is 0 Å².